The summed E-state index contributed by atoms with van der Waals surface area (Å²) in [5.74, 6) is -0.310. The van der Waals surface area contributed by atoms with E-state index in [4.69, 9.17) is 9.16 Å². The van der Waals surface area contributed by atoms with Crippen molar-refractivity contribution in [3.63, 3.8) is 0 Å². The molecular weight excluding hydrogens is 490 g/mol. The molecule has 0 aliphatic carbocycles. The molecule has 0 amide bonds. The van der Waals surface area contributed by atoms with Gasteiger partial charge in [-0.25, -0.2) is 8.42 Å². The maximum absolute atomic E-state index is 14.4. The van der Waals surface area contributed by atoms with E-state index in [0.717, 1.165) is 16.9 Å². The van der Waals surface area contributed by atoms with Gasteiger partial charge in [0.05, 0.1) is 29.2 Å². The van der Waals surface area contributed by atoms with Crippen molar-refractivity contribution in [2.75, 3.05) is 13.7 Å². The van der Waals surface area contributed by atoms with E-state index in [1.165, 1.54) is 0 Å². The number of aryl methyl sites for hydroxylation is 1. The lowest BCUT2D eigenvalue weighted by Gasteiger charge is -2.66. The fourth-order valence-electron chi connectivity index (χ4n) is 6.77. The van der Waals surface area contributed by atoms with Gasteiger partial charge in [0.15, 0.2) is 0 Å². The second-order valence-electron chi connectivity index (χ2n) is 11.0. The smallest absolute Gasteiger partial charge is 0.243 e. The van der Waals surface area contributed by atoms with Crippen LogP contribution in [-0.2, 0) is 14.4 Å². The fraction of sp³-hybridized carbons (Fsp3) is 0.571. The highest BCUT2D eigenvalue weighted by Crippen LogP contribution is 2.58. The van der Waals surface area contributed by atoms with Crippen LogP contribution in [0.25, 0.3) is 0 Å². The molecule has 0 spiro atoms. The summed E-state index contributed by atoms with van der Waals surface area (Å²) in [6.45, 7) is 14.2. The first kappa shape index (κ1) is 28.9. The van der Waals surface area contributed by atoms with Crippen LogP contribution in [0.15, 0.2) is 53.4 Å². The van der Waals surface area contributed by atoms with E-state index in [2.05, 4.69) is 0 Å². The number of rotatable bonds is 8. The summed E-state index contributed by atoms with van der Waals surface area (Å²) in [5.41, 5.74) is -0.599. The molecule has 0 unspecified atom stereocenters. The number of methoxy groups -OCH3 is 1. The predicted molar refractivity (Wildman–Crippen MR) is 148 cm³/mol. The number of benzene rings is 2. The van der Waals surface area contributed by atoms with Crippen LogP contribution in [0, 0.1) is 24.7 Å². The molecule has 2 aromatic rings. The molecular formula is C28H43NO5SSi. The number of aliphatic hydroxyl groups is 1. The first-order chi connectivity index (χ1) is 16.8. The number of ether oxygens (including phenoxy) is 1. The monoisotopic (exact) mass is 533 g/mol. The third-order valence-electron chi connectivity index (χ3n) is 8.27. The summed E-state index contributed by atoms with van der Waals surface area (Å²) >= 11 is 0. The van der Waals surface area contributed by atoms with E-state index in [1.807, 2.05) is 84.9 Å². The minimum Gasteiger partial charge on any atom is -0.497 e. The lowest BCUT2D eigenvalue weighted by molar-refractivity contribution is -0.215. The van der Waals surface area contributed by atoms with Gasteiger partial charge in [-0.3, -0.25) is 0 Å². The number of piperidine rings is 1. The topological polar surface area (TPSA) is 76.1 Å². The molecule has 1 saturated heterocycles. The highest BCUT2D eigenvalue weighted by molar-refractivity contribution is 7.89. The van der Waals surface area contributed by atoms with Gasteiger partial charge in [0.1, 0.15) is 16.2 Å². The number of hydrogen-bond donors (Lipinski definition) is 1. The zero-order valence-corrected chi connectivity index (χ0v) is 26.0. The van der Waals surface area contributed by atoms with Crippen molar-refractivity contribution in [3.05, 3.63) is 59.7 Å². The number of nitrogens with zero attached hydrogens (tertiary/aromatic N) is 1. The van der Waals surface area contributed by atoms with E-state index in [-0.39, 0.29) is 29.2 Å². The minimum atomic E-state index is -3.95. The molecule has 0 saturated carbocycles. The average molecular weight is 534 g/mol. The molecule has 3 rings (SSSR count). The Morgan fingerprint density at radius 1 is 0.944 bits per heavy atom. The van der Waals surface area contributed by atoms with Crippen LogP contribution >= 0.6 is 0 Å². The van der Waals surface area contributed by atoms with Gasteiger partial charge in [-0.2, -0.15) is 4.31 Å². The molecule has 3 atom stereocenters. The van der Waals surface area contributed by atoms with Gasteiger partial charge < -0.3 is 14.3 Å². The van der Waals surface area contributed by atoms with Crippen LogP contribution < -0.4 is 4.74 Å². The molecule has 1 N–H and O–H groups in total. The number of hydrogen-bond acceptors (Lipinski definition) is 5. The summed E-state index contributed by atoms with van der Waals surface area (Å²) in [6, 6.07) is 14.7. The van der Waals surface area contributed by atoms with E-state index in [9.17, 15) is 13.5 Å². The van der Waals surface area contributed by atoms with Crippen molar-refractivity contribution < 1.29 is 22.7 Å². The van der Waals surface area contributed by atoms with Crippen molar-refractivity contribution in [2.24, 2.45) is 17.8 Å². The Balaban J connectivity index is 2.37. The molecule has 0 bridgehead atoms. The van der Waals surface area contributed by atoms with Crippen LogP contribution in [-0.4, -0.2) is 59.2 Å². The van der Waals surface area contributed by atoms with Crippen LogP contribution in [0.4, 0.5) is 0 Å². The highest BCUT2D eigenvalue weighted by atomic mass is 32.2. The first-order valence-electron chi connectivity index (χ1n) is 12.8. The molecule has 0 aromatic heterocycles. The molecule has 6 nitrogen and oxygen atoms in total. The molecule has 2 aromatic carbocycles. The summed E-state index contributed by atoms with van der Waals surface area (Å²) in [6.07, 6.45) is -0.497. The van der Waals surface area contributed by atoms with Gasteiger partial charge >= 0.3 is 0 Å². The second kappa shape index (κ2) is 10.6. The van der Waals surface area contributed by atoms with Crippen LogP contribution in [0.5, 0.6) is 5.75 Å². The Hall–Kier alpha value is -1.71. The van der Waals surface area contributed by atoms with Crippen LogP contribution in [0.3, 0.4) is 0 Å². The molecule has 200 valence electrons. The van der Waals surface area contributed by atoms with Gasteiger partial charge in [0.25, 0.3) is 0 Å². The van der Waals surface area contributed by atoms with Crippen LogP contribution in [0.1, 0.15) is 58.6 Å². The summed E-state index contributed by atoms with van der Waals surface area (Å²) in [7, 11) is -1.92. The molecule has 0 radical (unpaired) electrons. The SMILES string of the molecule is COc1ccc([C@@H]2[C@H](O[SiH3])CN(S(=O)(=O)c3ccc(C)cc3)C(C(C)C)(C(C)C)[C@@]2(O)C(C)C)cc1. The van der Waals surface area contributed by atoms with Crippen molar-refractivity contribution in [1.29, 1.82) is 0 Å². The summed E-state index contributed by atoms with van der Waals surface area (Å²) in [5, 5.41) is 13.1. The summed E-state index contributed by atoms with van der Waals surface area (Å²) < 4.78 is 41.8. The first-order valence-corrected chi connectivity index (χ1v) is 15.0. The largest absolute Gasteiger partial charge is 0.497 e. The van der Waals surface area contributed by atoms with Gasteiger partial charge in [-0.1, -0.05) is 71.4 Å². The Kier molecular flexibility index (Phi) is 8.47. The van der Waals surface area contributed by atoms with E-state index >= 15 is 0 Å². The van der Waals surface area contributed by atoms with Crippen LogP contribution in [0.2, 0.25) is 0 Å². The molecule has 36 heavy (non-hydrogen) atoms. The van der Waals surface area contributed by atoms with Crippen molar-refractivity contribution >= 4 is 20.5 Å². The minimum absolute atomic E-state index is 0.168. The standard InChI is InChI=1S/C28H43NO5SSi/c1-18(2)27(19(3)4)28(30,20(5)6)26(22-11-13-23(33-8)14-12-22)25(34-36)17-29(27)35(31,32)24-15-9-21(7)10-16-24/h9-16,18-20,25-26,30H,17H2,1-8,36H3/t25-,26-,28-/m1/s1. The maximum atomic E-state index is 14.4. The van der Waals surface area contributed by atoms with Crippen molar-refractivity contribution in [1.82, 2.24) is 4.31 Å². The molecule has 1 heterocycles. The predicted octanol–water partition coefficient (Wildman–Crippen LogP) is 3.90. The molecule has 8 heteroatoms. The lowest BCUT2D eigenvalue weighted by Crippen LogP contribution is -2.79. The lowest BCUT2D eigenvalue weighted by atomic mass is 9.53. The third kappa shape index (κ3) is 4.34. The average Bonchev–Trinajstić information content (AvgIpc) is 2.83. The van der Waals surface area contributed by atoms with Crippen molar-refractivity contribution in [3.8, 4) is 5.75 Å². The Bertz CT molecular complexity index is 1120. The van der Waals surface area contributed by atoms with Gasteiger partial charge in [-0.15, -0.1) is 0 Å². The van der Waals surface area contributed by atoms with E-state index in [1.54, 1.807) is 23.5 Å². The quantitative estimate of drug-likeness (QED) is 0.521. The highest BCUT2D eigenvalue weighted by Gasteiger charge is 2.69. The zero-order chi connectivity index (χ0) is 27.1. The third-order valence-corrected chi connectivity index (χ3v) is 10.8. The molecule has 1 aliphatic rings. The fourth-order valence-corrected chi connectivity index (χ4v) is 9.23. The van der Waals surface area contributed by atoms with Crippen molar-refractivity contribution in [2.45, 2.75) is 76.5 Å². The maximum Gasteiger partial charge on any atom is 0.243 e. The summed E-state index contributed by atoms with van der Waals surface area (Å²) in [4.78, 5) is 0.236. The van der Waals surface area contributed by atoms with Gasteiger partial charge in [-0.05, 0) is 54.5 Å². The van der Waals surface area contributed by atoms with E-state index < -0.39 is 33.2 Å². The Morgan fingerprint density at radius 3 is 1.89 bits per heavy atom. The van der Waals surface area contributed by atoms with E-state index in [0.29, 0.717) is 10.5 Å². The number of sulfonamides is 1. The molecule has 1 fully saturated rings. The Morgan fingerprint density at radius 2 is 1.47 bits per heavy atom. The zero-order valence-electron chi connectivity index (χ0n) is 23.1. The normalized spacial score (nSPS) is 25.1. The van der Waals surface area contributed by atoms with Gasteiger partial charge in [0.2, 0.25) is 10.0 Å². The van der Waals surface area contributed by atoms with Gasteiger partial charge in [0, 0.05) is 12.5 Å². The second-order valence-corrected chi connectivity index (χ2v) is 13.3. The molecule has 1 aliphatic heterocycles. The Labute approximate surface area is 220 Å².